The van der Waals surface area contributed by atoms with Gasteiger partial charge in [-0.25, -0.2) is 19.8 Å². The second kappa shape index (κ2) is 9.15. The molecule has 0 amide bonds. The molecule has 0 saturated carbocycles. The first-order valence-corrected chi connectivity index (χ1v) is 10.4. The van der Waals surface area contributed by atoms with Gasteiger partial charge >= 0.3 is 6.09 Å². The van der Waals surface area contributed by atoms with E-state index in [4.69, 9.17) is 16.3 Å². The lowest BCUT2D eigenvalue weighted by atomic mass is 10.2. The van der Waals surface area contributed by atoms with Gasteiger partial charge < -0.3 is 14.5 Å². The molecule has 0 unspecified atom stereocenters. The van der Waals surface area contributed by atoms with Gasteiger partial charge in [-0.2, -0.15) is 9.78 Å². The Labute approximate surface area is 187 Å². The van der Waals surface area contributed by atoms with Crippen LogP contribution >= 0.6 is 11.6 Å². The van der Waals surface area contributed by atoms with Crippen molar-refractivity contribution in [3.8, 4) is 11.3 Å². The molecule has 0 aromatic carbocycles. The van der Waals surface area contributed by atoms with Crippen molar-refractivity contribution >= 4 is 40.6 Å². The number of aliphatic imine (C=N–C) groups is 1. The van der Waals surface area contributed by atoms with E-state index in [0.717, 1.165) is 30.9 Å². The average molecular weight is 446 g/mol. The van der Waals surface area contributed by atoms with E-state index < -0.39 is 11.7 Å². The fourth-order valence-electron chi connectivity index (χ4n) is 3.12. The monoisotopic (exact) mass is 445 g/mol. The van der Waals surface area contributed by atoms with E-state index in [2.05, 4.69) is 43.5 Å². The molecule has 9 nitrogen and oxygen atoms in total. The number of carbonyl (C=O) groups is 1. The molecular weight excluding hydrogens is 418 g/mol. The van der Waals surface area contributed by atoms with Gasteiger partial charge in [-0.1, -0.05) is 18.2 Å². The number of hydrogen-bond donors (Lipinski definition) is 0. The Kier molecular flexibility index (Phi) is 6.76. The zero-order valence-electron chi connectivity index (χ0n) is 18.6. The van der Waals surface area contributed by atoms with Gasteiger partial charge in [0.1, 0.15) is 22.2 Å². The zero-order valence-corrected chi connectivity index (χ0v) is 19.3. The first-order chi connectivity index (χ1) is 14.6. The van der Waals surface area contributed by atoms with Crippen molar-refractivity contribution in [3.63, 3.8) is 0 Å². The lowest BCUT2D eigenvalue weighted by Gasteiger charge is -2.32. The van der Waals surface area contributed by atoms with E-state index in [-0.39, 0.29) is 0 Å². The molecule has 31 heavy (non-hydrogen) atoms. The Morgan fingerprint density at radius 1 is 1.23 bits per heavy atom. The topological polar surface area (TPSA) is 88.7 Å². The highest BCUT2D eigenvalue weighted by Crippen LogP contribution is 2.34. The maximum absolute atomic E-state index is 12.7. The third-order valence-corrected chi connectivity index (χ3v) is 4.70. The number of aromatic nitrogens is 4. The van der Waals surface area contributed by atoms with Crippen LogP contribution in [0.4, 0.5) is 16.4 Å². The van der Waals surface area contributed by atoms with Gasteiger partial charge in [0.2, 0.25) is 5.95 Å². The van der Waals surface area contributed by atoms with Crippen LogP contribution in [-0.2, 0) is 4.74 Å². The molecule has 166 valence electrons. The van der Waals surface area contributed by atoms with Crippen molar-refractivity contribution in [2.45, 2.75) is 33.3 Å². The predicted molar refractivity (Wildman–Crippen MR) is 123 cm³/mol. The second-order valence-electron chi connectivity index (χ2n) is 8.35. The molecule has 2 aromatic heterocycles. The summed E-state index contributed by atoms with van der Waals surface area (Å²) < 4.78 is 6.61. The minimum atomic E-state index is -0.680. The lowest BCUT2D eigenvalue weighted by Crippen LogP contribution is -2.45. The number of carbonyl (C=O) groups excluding carboxylic acids is 1. The van der Waals surface area contributed by atoms with Crippen LogP contribution in [0.15, 0.2) is 24.0 Å². The van der Waals surface area contributed by atoms with E-state index in [1.54, 1.807) is 40.1 Å². The van der Waals surface area contributed by atoms with Crippen LogP contribution in [0, 0.1) is 0 Å². The van der Waals surface area contributed by atoms with Crippen molar-refractivity contribution < 1.29 is 9.53 Å². The Morgan fingerprint density at radius 3 is 2.35 bits per heavy atom. The number of halogens is 1. The Morgan fingerprint density at radius 2 is 1.84 bits per heavy atom. The molecule has 2 aromatic rings. The minimum absolute atomic E-state index is 0.295. The van der Waals surface area contributed by atoms with Gasteiger partial charge in [-0.05, 0) is 40.8 Å². The van der Waals surface area contributed by atoms with Gasteiger partial charge in [0.05, 0.1) is 5.69 Å². The highest BCUT2D eigenvalue weighted by atomic mass is 35.5. The van der Waals surface area contributed by atoms with E-state index in [1.165, 1.54) is 6.08 Å². The molecule has 1 aliphatic heterocycles. The Bertz CT molecular complexity index is 980. The summed E-state index contributed by atoms with van der Waals surface area (Å²) >= 11 is 6.06. The maximum atomic E-state index is 12.7. The molecule has 1 aliphatic rings. The third kappa shape index (κ3) is 5.48. The fraction of sp³-hybridized carbons (Fsp3) is 0.476. The normalized spacial score (nSPS) is 15.8. The number of anilines is 1. The minimum Gasteiger partial charge on any atom is -0.442 e. The van der Waals surface area contributed by atoms with Crippen LogP contribution in [-0.4, -0.2) is 74.7 Å². The third-order valence-electron chi connectivity index (χ3n) is 4.62. The quantitative estimate of drug-likeness (QED) is 0.661. The standard InChI is InChI=1S/C21H28ClN7O2/c1-7-16-18(25-14(2)22)17(26-29(16)20(30)31-21(3,4)5)15-12-23-19(24-13-15)28-10-8-27(6)9-11-28/h7,12-13H,1,8-11H2,2-6H3/b25-14+. The number of nitrogens with zero attached hydrogens (tertiary/aromatic N) is 7. The van der Waals surface area contributed by atoms with Crippen LogP contribution in [0.1, 0.15) is 33.4 Å². The number of piperazine rings is 1. The Balaban J connectivity index is 2.00. The van der Waals surface area contributed by atoms with E-state index in [1.807, 2.05) is 0 Å². The van der Waals surface area contributed by atoms with Crippen molar-refractivity contribution in [2.75, 3.05) is 38.1 Å². The molecule has 3 rings (SSSR count). The zero-order chi connectivity index (χ0) is 22.8. The molecule has 0 N–H and O–H groups in total. The van der Waals surface area contributed by atoms with E-state index in [0.29, 0.717) is 33.8 Å². The fourth-order valence-corrected chi connectivity index (χ4v) is 3.21. The highest BCUT2D eigenvalue weighted by molar-refractivity contribution is 6.65. The number of rotatable bonds is 4. The molecule has 1 saturated heterocycles. The van der Waals surface area contributed by atoms with Crippen LogP contribution in [0.5, 0.6) is 0 Å². The summed E-state index contributed by atoms with van der Waals surface area (Å²) in [5, 5.41) is 4.74. The molecule has 0 aliphatic carbocycles. The van der Waals surface area contributed by atoms with Crippen LogP contribution < -0.4 is 4.90 Å². The molecule has 10 heteroatoms. The van der Waals surface area contributed by atoms with Crippen molar-refractivity contribution in [1.82, 2.24) is 24.6 Å². The number of likely N-dealkylation sites (N-methyl/N-ethyl adjacent to an activating group) is 1. The van der Waals surface area contributed by atoms with Crippen molar-refractivity contribution in [3.05, 3.63) is 24.7 Å². The maximum Gasteiger partial charge on any atom is 0.435 e. The largest absolute Gasteiger partial charge is 0.442 e. The van der Waals surface area contributed by atoms with Crippen LogP contribution in [0.2, 0.25) is 0 Å². The van der Waals surface area contributed by atoms with Crippen molar-refractivity contribution in [2.24, 2.45) is 4.99 Å². The van der Waals surface area contributed by atoms with Gasteiger partial charge in [0, 0.05) is 44.1 Å². The van der Waals surface area contributed by atoms with E-state index >= 15 is 0 Å². The van der Waals surface area contributed by atoms with Crippen LogP contribution in [0.3, 0.4) is 0 Å². The van der Waals surface area contributed by atoms with Gasteiger partial charge in [0.15, 0.2) is 0 Å². The van der Waals surface area contributed by atoms with Crippen molar-refractivity contribution in [1.29, 1.82) is 0 Å². The smallest absolute Gasteiger partial charge is 0.435 e. The summed E-state index contributed by atoms with van der Waals surface area (Å²) in [5.74, 6) is 0.658. The predicted octanol–water partition coefficient (Wildman–Crippen LogP) is 3.81. The summed E-state index contributed by atoms with van der Waals surface area (Å²) in [7, 11) is 2.10. The molecular formula is C21H28ClN7O2. The summed E-state index contributed by atoms with van der Waals surface area (Å²) in [4.78, 5) is 30.5. The second-order valence-corrected chi connectivity index (χ2v) is 8.90. The first-order valence-electron chi connectivity index (χ1n) is 10.0. The van der Waals surface area contributed by atoms with Gasteiger partial charge in [0.25, 0.3) is 0 Å². The lowest BCUT2D eigenvalue weighted by molar-refractivity contribution is 0.0514. The summed E-state index contributed by atoms with van der Waals surface area (Å²) in [6.07, 6.45) is 4.22. The SMILES string of the molecule is C=Cc1c(/N=C(\C)Cl)c(-c2cnc(N3CCN(C)CC3)nc2)nn1C(=O)OC(C)(C)C. The molecule has 0 radical (unpaired) electrons. The van der Waals surface area contributed by atoms with Crippen LogP contribution in [0.25, 0.3) is 17.3 Å². The Hall–Kier alpha value is -2.78. The summed E-state index contributed by atoms with van der Waals surface area (Å²) in [6.45, 7) is 14.5. The summed E-state index contributed by atoms with van der Waals surface area (Å²) in [5.41, 5.74) is 1.14. The number of hydrogen-bond acceptors (Lipinski definition) is 8. The number of ether oxygens (including phenoxy) is 1. The van der Waals surface area contributed by atoms with E-state index in [9.17, 15) is 4.79 Å². The van der Waals surface area contributed by atoms with Gasteiger partial charge in [-0.15, -0.1) is 0 Å². The highest BCUT2D eigenvalue weighted by Gasteiger charge is 2.26. The molecule has 0 spiro atoms. The molecule has 1 fully saturated rings. The molecule has 3 heterocycles. The average Bonchev–Trinajstić information content (AvgIpc) is 3.05. The molecule has 0 bridgehead atoms. The first kappa shape index (κ1) is 22.9. The molecule has 0 atom stereocenters. The van der Waals surface area contributed by atoms with Gasteiger partial charge in [-0.3, -0.25) is 0 Å². The summed E-state index contributed by atoms with van der Waals surface area (Å²) in [6, 6.07) is 0.